The molecule has 0 aliphatic rings. The molecule has 2 aromatic heterocycles. The first-order valence-electron chi connectivity index (χ1n) is 6.56. The summed E-state index contributed by atoms with van der Waals surface area (Å²) in [6.45, 7) is 4.85. The Morgan fingerprint density at radius 2 is 2.29 bits per heavy atom. The van der Waals surface area contributed by atoms with E-state index in [1.807, 2.05) is 11.5 Å². The third-order valence-corrected chi connectivity index (χ3v) is 3.68. The highest BCUT2D eigenvalue weighted by molar-refractivity contribution is 7.99. The van der Waals surface area contributed by atoms with Gasteiger partial charge in [-0.3, -0.25) is 4.79 Å². The summed E-state index contributed by atoms with van der Waals surface area (Å²) in [5, 5.41) is 15.3. The molecule has 0 aliphatic carbocycles. The van der Waals surface area contributed by atoms with Gasteiger partial charge in [0, 0.05) is 31.3 Å². The van der Waals surface area contributed by atoms with Crippen molar-refractivity contribution in [2.24, 2.45) is 5.73 Å². The molecule has 2 rings (SSSR count). The quantitative estimate of drug-likeness (QED) is 0.732. The highest BCUT2D eigenvalue weighted by Crippen LogP contribution is 2.17. The maximum Gasteiger partial charge on any atom is 0.226 e. The number of rotatable bonds is 7. The van der Waals surface area contributed by atoms with Crippen LogP contribution in [0.1, 0.15) is 18.0 Å². The van der Waals surface area contributed by atoms with Crippen molar-refractivity contribution in [3.05, 3.63) is 17.7 Å². The predicted molar refractivity (Wildman–Crippen MR) is 79.0 cm³/mol. The van der Waals surface area contributed by atoms with Crippen molar-refractivity contribution in [2.75, 3.05) is 17.6 Å². The van der Waals surface area contributed by atoms with Gasteiger partial charge in [0.25, 0.3) is 0 Å². The van der Waals surface area contributed by atoms with Crippen LogP contribution in [0.25, 0.3) is 0 Å². The number of nitrogens with one attached hydrogen (secondary N) is 1. The minimum atomic E-state index is -0.114. The van der Waals surface area contributed by atoms with Crippen molar-refractivity contribution in [1.29, 1.82) is 0 Å². The average molecular weight is 310 g/mol. The Balaban J connectivity index is 1.80. The fraction of sp³-hybridized carbons (Fsp3) is 0.500. The van der Waals surface area contributed by atoms with E-state index in [1.54, 1.807) is 13.0 Å². The first-order valence-corrected chi connectivity index (χ1v) is 7.54. The van der Waals surface area contributed by atoms with Crippen LogP contribution in [-0.2, 0) is 11.3 Å². The summed E-state index contributed by atoms with van der Waals surface area (Å²) in [5.41, 5.74) is 5.56. The van der Waals surface area contributed by atoms with Crippen LogP contribution in [0.5, 0.6) is 0 Å². The van der Waals surface area contributed by atoms with Crippen LogP contribution < -0.4 is 11.1 Å². The molecule has 0 saturated heterocycles. The molecule has 2 heterocycles. The van der Waals surface area contributed by atoms with E-state index in [1.165, 1.54) is 11.8 Å². The molecule has 0 saturated carbocycles. The van der Waals surface area contributed by atoms with E-state index in [-0.39, 0.29) is 5.91 Å². The number of carbonyl (C=O) groups is 1. The van der Waals surface area contributed by atoms with Crippen LogP contribution >= 0.6 is 11.8 Å². The minimum Gasteiger partial charge on any atom is -0.360 e. The normalized spacial score (nSPS) is 10.8. The number of nitrogens with zero attached hydrogens (tertiary/aromatic N) is 4. The smallest absolute Gasteiger partial charge is 0.226 e. The van der Waals surface area contributed by atoms with Crippen LogP contribution in [0.4, 0.5) is 5.82 Å². The topological polar surface area (TPSA) is 112 Å². The van der Waals surface area contributed by atoms with Gasteiger partial charge in [0.2, 0.25) is 5.91 Å². The van der Waals surface area contributed by atoms with Crippen LogP contribution in [0.15, 0.2) is 15.7 Å². The fourth-order valence-electron chi connectivity index (χ4n) is 1.72. The Labute approximate surface area is 126 Å². The van der Waals surface area contributed by atoms with E-state index in [2.05, 4.69) is 20.7 Å². The summed E-state index contributed by atoms with van der Waals surface area (Å²) in [6.07, 6.45) is 0.352. The Morgan fingerprint density at radius 1 is 1.48 bits per heavy atom. The van der Waals surface area contributed by atoms with Gasteiger partial charge >= 0.3 is 0 Å². The third kappa shape index (κ3) is 4.30. The van der Waals surface area contributed by atoms with Gasteiger partial charge in [-0.2, -0.15) is 0 Å². The van der Waals surface area contributed by atoms with Crippen LogP contribution in [0.3, 0.4) is 0 Å². The number of anilines is 1. The van der Waals surface area contributed by atoms with E-state index in [4.69, 9.17) is 10.3 Å². The van der Waals surface area contributed by atoms with E-state index in [0.717, 1.165) is 11.0 Å². The lowest BCUT2D eigenvalue weighted by atomic mass is 10.4. The van der Waals surface area contributed by atoms with E-state index >= 15 is 0 Å². The standard InChI is InChI=1S/C12H18N6O2S/c1-8-7-10(17-20-8)14-11(19)3-6-21-12-16-15-9(2)18(12)5-4-13/h7H,3-6,13H2,1-2H3,(H,14,17,19). The van der Waals surface area contributed by atoms with Crippen molar-refractivity contribution >= 4 is 23.5 Å². The number of hydrogen-bond acceptors (Lipinski definition) is 7. The zero-order chi connectivity index (χ0) is 15.2. The number of carbonyl (C=O) groups excluding carboxylic acids is 1. The number of aromatic nitrogens is 4. The molecule has 0 bridgehead atoms. The Bertz CT molecular complexity index is 609. The highest BCUT2D eigenvalue weighted by Gasteiger charge is 2.10. The van der Waals surface area contributed by atoms with E-state index in [0.29, 0.717) is 36.8 Å². The molecule has 3 N–H and O–H groups in total. The zero-order valence-corrected chi connectivity index (χ0v) is 12.8. The van der Waals surface area contributed by atoms with Gasteiger partial charge in [0.1, 0.15) is 11.6 Å². The number of thioether (sulfide) groups is 1. The average Bonchev–Trinajstić information content (AvgIpc) is 2.99. The summed E-state index contributed by atoms with van der Waals surface area (Å²) < 4.78 is 6.83. The SMILES string of the molecule is Cc1cc(NC(=O)CCSc2nnc(C)n2CCN)no1. The maximum atomic E-state index is 11.8. The van der Waals surface area contributed by atoms with Crippen molar-refractivity contribution < 1.29 is 9.32 Å². The lowest BCUT2D eigenvalue weighted by Gasteiger charge is -2.06. The molecule has 0 radical (unpaired) electrons. The van der Waals surface area contributed by atoms with E-state index < -0.39 is 0 Å². The molecule has 8 nitrogen and oxygen atoms in total. The van der Waals surface area contributed by atoms with Crippen molar-refractivity contribution in [2.45, 2.75) is 32.0 Å². The van der Waals surface area contributed by atoms with Gasteiger partial charge in [-0.05, 0) is 13.8 Å². The molecular formula is C12H18N6O2S. The molecule has 0 aliphatic heterocycles. The third-order valence-electron chi connectivity index (χ3n) is 2.71. The molecular weight excluding hydrogens is 292 g/mol. The number of nitrogens with two attached hydrogens (primary N) is 1. The van der Waals surface area contributed by atoms with Crippen LogP contribution in [-0.4, -0.2) is 38.1 Å². The minimum absolute atomic E-state index is 0.114. The molecule has 21 heavy (non-hydrogen) atoms. The van der Waals surface area contributed by atoms with Gasteiger partial charge < -0.3 is 20.1 Å². The number of aryl methyl sites for hydroxylation is 2. The molecule has 1 amide bonds. The second-order valence-electron chi connectivity index (χ2n) is 4.44. The Kier molecular flexibility index (Phi) is 5.34. The number of hydrogen-bond donors (Lipinski definition) is 2. The molecule has 0 unspecified atom stereocenters. The monoisotopic (exact) mass is 310 g/mol. The molecule has 9 heteroatoms. The zero-order valence-electron chi connectivity index (χ0n) is 12.0. The molecule has 2 aromatic rings. The lowest BCUT2D eigenvalue weighted by Crippen LogP contribution is -2.14. The molecule has 0 spiro atoms. The van der Waals surface area contributed by atoms with Gasteiger partial charge in [-0.1, -0.05) is 16.9 Å². The van der Waals surface area contributed by atoms with Crippen molar-refractivity contribution in [1.82, 2.24) is 19.9 Å². The Hall–Kier alpha value is -1.87. The number of amides is 1. The van der Waals surface area contributed by atoms with Crippen molar-refractivity contribution in [3.8, 4) is 0 Å². The molecule has 114 valence electrons. The van der Waals surface area contributed by atoms with Crippen LogP contribution in [0, 0.1) is 13.8 Å². The van der Waals surface area contributed by atoms with Crippen LogP contribution in [0.2, 0.25) is 0 Å². The first kappa shape index (κ1) is 15.5. The largest absolute Gasteiger partial charge is 0.360 e. The van der Waals surface area contributed by atoms with Gasteiger partial charge in [-0.25, -0.2) is 0 Å². The summed E-state index contributed by atoms with van der Waals surface area (Å²) in [7, 11) is 0. The summed E-state index contributed by atoms with van der Waals surface area (Å²) >= 11 is 1.48. The summed E-state index contributed by atoms with van der Waals surface area (Å²) in [4.78, 5) is 11.8. The first-order chi connectivity index (χ1) is 10.1. The fourth-order valence-corrected chi connectivity index (χ4v) is 2.67. The molecule has 0 atom stereocenters. The molecule has 0 fully saturated rings. The lowest BCUT2D eigenvalue weighted by molar-refractivity contribution is -0.115. The van der Waals surface area contributed by atoms with Gasteiger partial charge in [0.15, 0.2) is 11.0 Å². The molecule has 0 aromatic carbocycles. The van der Waals surface area contributed by atoms with Gasteiger partial charge in [-0.15, -0.1) is 10.2 Å². The van der Waals surface area contributed by atoms with Gasteiger partial charge in [0.05, 0.1) is 0 Å². The second kappa shape index (κ2) is 7.23. The predicted octanol–water partition coefficient (Wildman–Crippen LogP) is 0.963. The van der Waals surface area contributed by atoms with Crippen molar-refractivity contribution in [3.63, 3.8) is 0 Å². The highest BCUT2D eigenvalue weighted by atomic mass is 32.2. The summed E-state index contributed by atoms with van der Waals surface area (Å²) in [5.74, 6) is 2.41. The summed E-state index contributed by atoms with van der Waals surface area (Å²) in [6, 6.07) is 1.67. The Morgan fingerprint density at radius 3 is 2.95 bits per heavy atom. The maximum absolute atomic E-state index is 11.8. The van der Waals surface area contributed by atoms with E-state index in [9.17, 15) is 4.79 Å². The second-order valence-corrected chi connectivity index (χ2v) is 5.50.